The number of H-pyrrole nitrogens is 1. The van der Waals surface area contributed by atoms with Gasteiger partial charge in [-0.15, -0.1) is 0 Å². The van der Waals surface area contributed by atoms with E-state index in [9.17, 15) is 9.59 Å². The van der Waals surface area contributed by atoms with E-state index in [1.54, 1.807) is 17.0 Å². The van der Waals surface area contributed by atoms with Crippen LogP contribution >= 0.6 is 0 Å². The van der Waals surface area contributed by atoms with E-state index >= 15 is 0 Å². The van der Waals surface area contributed by atoms with Gasteiger partial charge in [0.1, 0.15) is 5.56 Å². The van der Waals surface area contributed by atoms with Crippen LogP contribution in [-0.2, 0) is 0 Å². The predicted molar refractivity (Wildman–Crippen MR) is 64.7 cm³/mol. The SMILES string of the molecule is CC1CN(C(=O)c2ccc[nH]c2=O)CCC1N. The Balaban J connectivity index is 2.17. The molecule has 0 spiro atoms. The molecule has 0 aliphatic carbocycles. The average molecular weight is 235 g/mol. The number of carbonyl (C=O) groups excluding carboxylic acids is 1. The summed E-state index contributed by atoms with van der Waals surface area (Å²) in [4.78, 5) is 27.9. The maximum atomic E-state index is 12.1. The zero-order chi connectivity index (χ0) is 12.4. The van der Waals surface area contributed by atoms with Gasteiger partial charge in [-0.1, -0.05) is 6.92 Å². The Bertz CT molecular complexity index is 469. The topological polar surface area (TPSA) is 79.2 Å². The van der Waals surface area contributed by atoms with E-state index in [1.165, 1.54) is 6.20 Å². The lowest BCUT2D eigenvalue weighted by Crippen LogP contribution is -2.48. The molecule has 1 aromatic rings. The number of nitrogens with two attached hydrogens (primary N) is 1. The van der Waals surface area contributed by atoms with Crippen LogP contribution in [0.1, 0.15) is 23.7 Å². The first kappa shape index (κ1) is 11.9. The Morgan fingerprint density at radius 2 is 2.35 bits per heavy atom. The number of hydrogen-bond donors (Lipinski definition) is 2. The summed E-state index contributed by atoms with van der Waals surface area (Å²) in [5, 5.41) is 0. The van der Waals surface area contributed by atoms with Gasteiger partial charge in [-0.3, -0.25) is 9.59 Å². The van der Waals surface area contributed by atoms with Gasteiger partial charge in [-0.05, 0) is 24.5 Å². The molecule has 0 aromatic carbocycles. The van der Waals surface area contributed by atoms with Crippen LogP contribution in [0.5, 0.6) is 0 Å². The first-order chi connectivity index (χ1) is 8.09. The van der Waals surface area contributed by atoms with Gasteiger partial charge in [0.25, 0.3) is 11.5 Å². The molecule has 17 heavy (non-hydrogen) atoms. The summed E-state index contributed by atoms with van der Waals surface area (Å²) in [6.07, 6.45) is 2.31. The van der Waals surface area contributed by atoms with Crippen LogP contribution in [0.2, 0.25) is 0 Å². The van der Waals surface area contributed by atoms with Crippen molar-refractivity contribution >= 4 is 5.91 Å². The number of aromatic nitrogens is 1. The Hall–Kier alpha value is -1.62. The second kappa shape index (κ2) is 4.71. The van der Waals surface area contributed by atoms with Crippen molar-refractivity contribution in [2.45, 2.75) is 19.4 Å². The minimum Gasteiger partial charge on any atom is -0.338 e. The van der Waals surface area contributed by atoms with Crippen LogP contribution in [0, 0.1) is 5.92 Å². The van der Waals surface area contributed by atoms with Crippen molar-refractivity contribution in [3.63, 3.8) is 0 Å². The first-order valence-electron chi connectivity index (χ1n) is 5.82. The number of rotatable bonds is 1. The van der Waals surface area contributed by atoms with E-state index in [0.29, 0.717) is 13.1 Å². The van der Waals surface area contributed by atoms with Crippen LogP contribution in [0.15, 0.2) is 23.1 Å². The summed E-state index contributed by atoms with van der Waals surface area (Å²) in [5.41, 5.74) is 5.77. The third-order valence-electron chi connectivity index (χ3n) is 3.31. The van der Waals surface area contributed by atoms with E-state index in [2.05, 4.69) is 4.98 Å². The van der Waals surface area contributed by atoms with Gasteiger partial charge in [0, 0.05) is 25.3 Å². The molecule has 5 heteroatoms. The summed E-state index contributed by atoms with van der Waals surface area (Å²) in [5.74, 6) is 0.0705. The first-order valence-corrected chi connectivity index (χ1v) is 5.82. The number of pyridine rings is 1. The van der Waals surface area contributed by atoms with E-state index in [4.69, 9.17) is 5.73 Å². The van der Waals surface area contributed by atoms with Crippen LogP contribution in [0.3, 0.4) is 0 Å². The minimum absolute atomic E-state index is 0.146. The molecular formula is C12H17N3O2. The monoisotopic (exact) mass is 235 g/mol. The maximum absolute atomic E-state index is 12.1. The molecule has 2 heterocycles. The fourth-order valence-corrected chi connectivity index (χ4v) is 2.11. The van der Waals surface area contributed by atoms with Crippen LogP contribution < -0.4 is 11.3 Å². The molecule has 1 aromatic heterocycles. The lowest BCUT2D eigenvalue weighted by molar-refractivity contribution is 0.0662. The fraction of sp³-hybridized carbons (Fsp3) is 0.500. The lowest BCUT2D eigenvalue weighted by Gasteiger charge is -2.34. The zero-order valence-electron chi connectivity index (χ0n) is 9.85. The molecule has 2 atom stereocenters. The van der Waals surface area contributed by atoms with Crippen molar-refractivity contribution < 1.29 is 4.79 Å². The van der Waals surface area contributed by atoms with Crippen molar-refractivity contribution in [3.8, 4) is 0 Å². The zero-order valence-corrected chi connectivity index (χ0v) is 9.85. The van der Waals surface area contributed by atoms with E-state index in [0.717, 1.165) is 6.42 Å². The van der Waals surface area contributed by atoms with Gasteiger partial charge in [0.2, 0.25) is 0 Å². The molecule has 0 bridgehead atoms. The molecular weight excluding hydrogens is 218 g/mol. The van der Waals surface area contributed by atoms with Crippen LogP contribution in [0.4, 0.5) is 0 Å². The largest absolute Gasteiger partial charge is 0.338 e. The van der Waals surface area contributed by atoms with Crippen molar-refractivity contribution in [2.24, 2.45) is 11.7 Å². The summed E-state index contributed by atoms with van der Waals surface area (Å²) in [6, 6.07) is 3.36. The number of likely N-dealkylation sites (tertiary alicyclic amines) is 1. The van der Waals surface area contributed by atoms with Crippen LogP contribution in [0.25, 0.3) is 0 Å². The Morgan fingerprint density at radius 1 is 1.59 bits per heavy atom. The van der Waals surface area contributed by atoms with E-state index in [-0.39, 0.29) is 29.0 Å². The number of piperidine rings is 1. The van der Waals surface area contributed by atoms with Crippen molar-refractivity contribution in [1.82, 2.24) is 9.88 Å². The van der Waals surface area contributed by atoms with Crippen molar-refractivity contribution in [2.75, 3.05) is 13.1 Å². The number of nitrogens with one attached hydrogen (secondary N) is 1. The lowest BCUT2D eigenvalue weighted by atomic mass is 9.94. The minimum atomic E-state index is -0.333. The summed E-state index contributed by atoms with van der Waals surface area (Å²) in [6.45, 7) is 3.27. The number of aromatic amines is 1. The van der Waals surface area contributed by atoms with Crippen LogP contribution in [-0.4, -0.2) is 34.9 Å². The van der Waals surface area contributed by atoms with Gasteiger partial charge >= 0.3 is 0 Å². The van der Waals surface area contributed by atoms with E-state index < -0.39 is 0 Å². The average Bonchev–Trinajstić information content (AvgIpc) is 2.32. The summed E-state index contributed by atoms with van der Waals surface area (Å²) >= 11 is 0. The summed E-state index contributed by atoms with van der Waals surface area (Å²) < 4.78 is 0. The van der Waals surface area contributed by atoms with Gasteiger partial charge in [-0.25, -0.2) is 0 Å². The summed E-state index contributed by atoms with van der Waals surface area (Å²) in [7, 11) is 0. The highest BCUT2D eigenvalue weighted by Crippen LogP contribution is 2.16. The molecule has 92 valence electrons. The third-order valence-corrected chi connectivity index (χ3v) is 3.31. The molecule has 1 aliphatic heterocycles. The van der Waals surface area contributed by atoms with Gasteiger partial charge in [-0.2, -0.15) is 0 Å². The maximum Gasteiger partial charge on any atom is 0.260 e. The second-order valence-electron chi connectivity index (χ2n) is 4.59. The Morgan fingerprint density at radius 3 is 3.00 bits per heavy atom. The molecule has 1 amide bonds. The number of carbonyl (C=O) groups is 1. The smallest absolute Gasteiger partial charge is 0.260 e. The number of nitrogens with zero attached hydrogens (tertiary/aromatic N) is 1. The molecule has 1 saturated heterocycles. The second-order valence-corrected chi connectivity index (χ2v) is 4.59. The number of amides is 1. The quantitative estimate of drug-likeness (QED) is 0.729. The van der Waals surface area contributed by atoms with Gasteiger partial charge < -0.3 is 15.6 Å². The Kier molecular flexibility index (Phi) is 3.28. The molecule has 3 N–H and O–H groups in total. The molecule has 0 saturated carbocycles. The highest BCUT2D eigenvalue weighted by Gasteiger charge is 2.27. The Labute approximate surface area is 99.6 Å². The third kappa shape index (κ3) is 2.39. The van der Waals surface area contributed by atoms with Crippen molar-refractivity contribution in [1.29, 1.82) is 0 Å². The fourth-order valence-electron chi connectivity index (χ4n) is 2.11. The molecule has 2 unspecified atom stereocenters. The molecule has 2 rings (SSSR count). The highest BCUT2D eigenvalue weighted by atomic mass is 16.2. The standard InChI is InChI=1S/C12H17N3O2/c1-8-7-15(6-4-10(8)13)12(17)9-3-2-5-14-11(9)16/h2-3,5,8,10H,4,6-7,13H2,1H3,(H,14,16). The molecule has 1 fully saturated rings. The van der Waals surface area contributed by atoms with Gasteiger partial charge in [0.15, 0.2) is 0 Å². The molecule has 1 aliphatic rings. The predicted octanol–water partition coefficient (Wildman–Crippen LogP) is 0.184. The van der Waals surface area contributed by atoms with Gasteiger partial charge in [0.05, 0.1) is 0 Å². The molecule has 5 nitrogen and oxygen atoms in total. The normalized spacial score (nSPS) is 24.7. The number of hydrogen-bond acceptors (Lipinski definition) is 3. The van der Waals surface area contributed by atoms with E-state index in [1.807, 2.05) is 6.92 Å². The highest BCUT2D eigenvalue weighted by molar-refractivity contribution is 5.93. The van der Waals surface area contributed by atoms with Crippen molar-refractivity contribution in [3.05, 3.63) is 34.2 Å². The molecule has 0 radical (unpaired) electrons.